The first-order valence-corrected chi connectivity index (χ1v) is 6.34. The lowest BCUT2D eigenvalue weighted by molar-refractivity contribution is -0.135. The summed E-state index contributed by atoms with van der Waals surface area (Å²) in [6.45, 7) is 0.474. The van der Waals surface area contributed by atoms with E-state index in [4.69, 9.17) is 4.74 Å². The molecule has 5 heteroatoms. The number of benzene rings is 1. The number of ether oxygens (including phenoxy) is 1. The number of carbonyl (C=O) groups excluding carboxylic acids is 2. The maximum Gasteiger partial charge on any atom is 0.243 e. The normalized spacial score (nSPS) is 21.0. The molecule has 0 saturated carbocycles. The monoisotopic (exact) mass is 262 g/mol. The van der Waals surface area contributed by atoms with E-state index in [1.807, 2.05) is 30.3 Å². The van der Waals surface area contributed by atoms with Crippen molar-refractivity contribution in [1.29, 1.82) is 0 Å². The lowest BCUT2D eigenvalue weighted by Crippen LogP contribution is -2.52. The average molecular weight is 262 g/mol. The highest BCUT2D eigenvalue weighted by atomic mass is 16.5. The van der Waals surface area contributed by atoms with Crippen molar-refractivity contribution in [3.8, 4) is 0 Å². The van der Waals surface area contributed by atoms with Crippen molar-refractivity contribution in [3.05, 3.63) is 35.9 Å². The summed E-state index contributed by atoms with van der Waals surface area (Å²) < 4.78 is 5.20. The maximum atomic E-state index is 11.7. The van der Waals surface area contributed by atoms with Gasteiger partial charge in [-0.1, -0.05) is 30.3 Å². The van der Waals surface area contributed by atoms with Gasteiger partial charge in [0.15, 0.2) is 0 Å². The van der Waals surface area contributed by atoms with Crippen LogP contribution in [0.1, 0.15) is 24.4 Å². The summed E-state index contributed by atoms with van der Waals surface area (Å²) >= 11 is 0. The molecule has 0 aliphatic carbocycles. The number of hydrogen-bond acceptors (Lipinski definition) is 4. The molecule has 1 aliphatic rings. The van der Waals surface area contributed by atoms with Crippen molar-refractivity contribution in [2.75, 3.05) is 13.7 Å². The molecule has 1 aliphatic heterocycles. The van der Waals surface area contributed by atoms with Gasteiger partial charge in [-0.25, -0.2) is 0 Å². The Labute approximate surface area is 112 Å². The molecule has 1 aromatic carbocycles. The van der Waals surface area contributed by atoms with Crippen molar-refractivity contribution < 1.29 is 14.3 Å². The molecule has 1 heterocycles. The van der Waals surface area contributed by atoms with Crippen LogP contribution in [0.3, 0.4) is 0 Å². The standard InChI is InChI=1S/C14H18N2O3/c1-19-9-12(10-5-3-2-4-6-10)15-11-7-8-13(17)16-14(11)18/h2-6,11-12,15H,7-9H2,1H3,(H,16,17,18). The molecule has 2 atom stereocenters. The molecule has 1 fully saturated rings. The van der Waals surface area contributed by atoms with Crippen LogP contribution >= 0.6 is 0 Å². The molecular formula is C14H18N2O3. The number of piperidine rings is 1. The van der Waals surface area contributed by atoms with Gasteiger partial charge in [-0.15, -0.1) is 0 Å². The Morgan fingerprint density at radius 3 is 2.74 bits per heavy atom. The lowest BCUT2D eigenvalue weighted by atomic mass is 10.0. The summed E-state index contributed by atoms with van der Waals surface area (Å²) in [6.07, 6.45) is 0.898. The Hall–Kier alpha value is -1.72. The topological polar surface area (TPSA) is 67.4 Å². The minimum atomic E-state index is -0.349. The van der Waals surface area contributed by atoms with Crippen LogP contribution in [0.4, 0.5) is 0 Å². The Morgan fingerprint density at radius 2 is 2.11 bits per heavy atom. The van der Waals surface area contributed by atoms with Gasteiger partial charge >= 0.3 is 0 Å². The van der Waals surface area contributed by atoms with E-state index < -0.39 is 0 Å². The fraction of sp³-hybridized carbons (Fsp3) is 0.429. The van der Waals surface area contributed by atoms with E-state index in [-0.39, 0.29) is 23.9 Å². The first kappa shape index (κ1) is 13.7. The summed E-state index contributed by atoms with van der Waals surface area (Å²) in [5.74, 6) is -0.459. The molecule has 1 saturated heterocycles. The summed E-state index contributed by atoms with van der Waals surface area (Å²) in [5.41, 5.74) is 1.06. The molecule has 102 valence electrons. The van der Waals surface area contributed by atoms with Crippen molar-refractivity contribution in [3.63, 3.8) is 0 Å². The Morgan fingerprint density at radius 1 is 1.37 bits per heavy atom. The SMILES string of the molecule is COCC(NC1CCC(=O)NC1=O)c1ccccc1. The predicted molar refractivity (Wildman–Crippen MR) is 70.4 cm³/mol. The third kappa shape index (κ3) is 3.62. The van der Waals surface area contributed by atoms with E-state index in [9.17, 15) is 9.59 Å². The van der Waals surface area contributed by atoms with Gasteiger partial charge in [0.2, 0.25) is 11.8 Å². The summed E-state index contributed by atoms with van der Waals surface area (Å²) in [7, 11) is 1.63. The van der Waals surface area contributed by atoms with E-state index in [0.29, 0.717) is 19.4 Å². The summed E-state index contributed by atoms with van der Waals surface area (Å²) in [4.78, 5) is 22.9. The van der Waals surface area contributed by atoms with Crippen LogP contribution in [-0.4, -0.2) is 31.6 Å². The van der Waals surface area contributed by atoms with Crippen molar-refractivity contribution in [2.45, 2.75) is 24.9 Å². The summed E-state index contributed by atoms with van der Waals surface area (Å²) in [6, 6.07) is 9.41. The molecule has 0 spiro atoms. The fourth-order valence-corrected chi connectivity index (χ4v) is 2.19. The van der Waals surface area contributed by atoms with Crippen LogP contribution in [0.5, 0.6) is 0 Å². The second-order valence-electron chi connectivity index (χ2n) is 4.59. The van der Waals surface area contributed by atoms with E-state index >= 15 is 0 Å². The van der Waals surface area contributed by atoms with Crippen LogP contribution in [0.2, 0.25) is 0 Å². The molecular weight excluding hydrogens is 244 g/mol. The number of amides is 2. The number of rotatable bonds is 5. The third-order valence-electron chi connectivity index (χ3n) is 3.18. The van der Waals surface area contributed by atoms with E-state index in [0.717, 1.165) is 5.56 Å². The highest BCUT2D eigenvalue weighted by Crippen LogP contribution is 2.16. The molecule has 19 heavy (non-hydrogen) atoms. The minimum Gasteiger partial charge on any atom is -0.383 e. The Bertz CT molecular complexity index is 447. The van der Waals surface area contributed by atoms with Crippen LogP contribution in [0, 0.1) is 0 Å². The first-order chi connectivity index (χ1) is 9.20. The van der Waals surface area contributed by atoms with Crippen molar-refractivity contribution in [1.82, 2.24) is 10.6 Å². The van der Waals surface area contributed by atoms with Crippen LogP contribution in [0.25, 0.3) is 0 Å². The molecule has 2 N–H and O–H groups in total. The number of methoxy groups -OCH3 is 1. The van der Waals surface area contributed by atoms with Gasteiger partial charge < -0.3 is 4.74 Å². The molecule has 0 bridgehead atoms. The zero-order valence-electron chi connectivity index (χ0n) is 10.9. The smallest absolute Gasteiger partial charge is 0.243 e. The van der Waals surface area contributed by atoms with Gasteiger partial charge in [0, 0.05) is 13.5 Å². The van der Waals surface area contributed by atoms with E-state index in [1.54, 1.807) is 7.11 Å². The number of hydrogen-bond donors (Lipinski definition) is 2. The number of nitrogens with one attached hydrogen (secondary N) is 2. The second kappa shape index (κ2) is 6.45. The largest absolute Gasteiger partial charge is 0.383 e. The summed E-state index contributed by atoms with van der Waals surface area (Å²) in [5, 5.41) is 5.60. The average Bonchev–Trinajstić information content (AvgIpc) is 2.42. The maximum absolute atomic E-state index is 11.7. The molecule has 5 nitrogen and oxygen atoms in total. The van der Waals surface area contributed by atoms with Gasteiger partial charge in [0.05, 0.1) is 18.7 Å². The molecule has 2 rings (SSSR count). The Balaban J connectivity index is 2.05. The van der Waals surface area contributed by atoms with Gasteiger partial charge in [-0.05, 0) is 12.0 Å². The van der Waals surface area contributed by atoms with Gasteiger partial charge in [-0.3, -0.25) is 20.2 Å². The van der Waals surface area contributed by atoms with Gasteiger partial charge in [0.1, 0.15) is 0 Å². The molecule has 1 aromatic rings. The first-order valence-electron chi connectivity index (χ1n) is 6.34. The predicted octanol–water partition coefficient (Wildman–Crippen LogP) is 0.769. The van der Waals surface area contributed by atoms with Crippen molar-refractivity contribution >= 4 is 11.8 Å². The third-order valence-corrected chi connectivity index (χ3v) is 3.18. The molecule has 0 aromatic heterocycles. The van der Waals surface area contributed by atoms with Gasteiger partial charge in [-0.2, -0.15) is 0 Å². The highest BCUT2D eigenvalue weighted by Gasteiger charge is 2.28. The quantitative estimate of drug-likeness (QED) is 0.769. The van der Waals surface area contributed by atoms with Gasteiger partial charge in [0.25, 0.3) is 0 Å². The molecule has 2 amide bonds. The molecule has 2 unspecified atom stereocenters. The fourth-order valence-electron chi connectivity index (χ4n) is 2.19. The van der Waals surface area contributed by atoms with Crippen LogP contribution in [0.15, 0.2) is 30.3 Å². The van der Waals surface area contributed by atoms with E-state index in [1.165, 1.54) is 0 Å². The lowest BCUT2D eigenvalue weighted by Gasteiger charge is -2.27. The zero-order chi connectivity index (χ0) is 13.7. The number of carbonyl (C=O) groups is 2. The molecule has 0 radical (unpaired) electrons. The second-order valence-corrected chi connectivity index (χ2v) is 4.59. The van der Waals surface area contributed by atoms with E-state index in [2.05, 4.69) is 10.6 Å². The van der Waals surface area contributed by atoms with Crippen LogP contribution < -0.4 is 10.6 Å². The Kier molecular flexibility index (Phi) is 4.65. The number of imide groups is 1. The zero-order valence-corrected chi connectivity index (χ0v) is 10.9. The highest BCUT2D eigenvalue weighted by molar-refractivity contribution is 6.00. The van der Waals surface area contributed by atoms with Crippen LogP contribution in [-0.2, 0) is 14.3 Å². The van der Waals surface area contributed by atoms with Crippen molar-refractivity contribution in [2.24, 2.45) is 0 Å². The minimum absolute atomic E-state index is 0.0600.